The van der Waals surface area contributed by atoms with Crippen molar-refractivity contribution in [2.24, 2.45) is 0 Å². The van der Waals surface area contributed by atoms with E-state index in [-0.39, 0.29) is 0 Å². The lowest BCUT2D eigenvalue weighted by molar-refractivity contribution is 0.264. The summed E-state index contributed by atoms with van der Waals surface area (Å²) in [5.41, 5.74) is 9.33. The lowest BCUT2D eigenvalue weighted by atomic mass is 9.99. The van der Waals surface area contributed by atoms with Crippen LogP contribution in [0.1, 0.15) is 17.7 Å². The Morgan fingerprint density at radius 1 is 0.919 bits per heavy atom. The molecule has 0 radical (unpaired) electrons. The van der Waals surface area contributed by atoms with Crippen molar-refractivity contribution in [2.45, 2.75) is 25.9 Å². The van der Waals surface area contributed by atoms with Crippen LogP contribution in [0.25, 0.3) is 44.7 Å². The predicted molar refractivity (Wildman–Crippen MR) is 150 cm³/mol. The lowest BCUT2D eigenvalue weighted by Crippen LogP contribution is -2.31. The summed E-state index contributed by atoms with van der Waals surface area (Å²) in [5.74, 6) is 0. The van der Waals surface area contributed by atoms with E-state index >= 15 is 0 Å². The number of hydrogen-bond donors (Lipinski definition) is 1. The molecule has 0 bridgehead atoms. The number of likely N-dealkylation sites (tertiary alicyclic amines) is 1. The molecule has 1 aromatic carbocycles. The van der Waals surface area contributed by atoms with Gasteiger partial charge in [-0.05, 0) is 74.5 Å². The minimum atomic E-state index is 0.662. The molecular formula is C31H32N6. The first-order valence-electron chi connectivity index (χ1n) is 12.9. The second kappa shape index (κ2) is 9.88. The maximum atomic E-state index is 4.83. The largest absolute Gasteiger partial charge is 0.346 e. The van der Waals surface area contributed by atoms with Gasteiger partial charge in [-0.25, -0.2) is 4.98 Å². The first-order valence-corrected chi connectivity index (χ1v) is 12.9. The minimum Gasteiger partial charge on any atom is -0.346 e. The number of pyridine rings is 3. The predicted octanol–water partition coefficient (Wildman–Crippen LogP) is 5.80. The number of nitrogens with one attached hydrogen (secondary N) is 1. The van der Waals surface area contributed by atoms with Crippen LogP contribution in [0.4, 0.5) is 0 Å². The number of hydrogen-bond acceptors (Lipinski definition) is 5. The van der Waals surface area contributed by atoms with Crippen molar-refractivity contribution in [1.29, 1.82) is 0 Å². The molecule has 0 amide bonds. The highest BCUT2D eigenvalue weighted by atomic mass is 15.2. The molecule has 0 unspecified atom stereocenters. The fourth-order valence-corrected chi connectivity index (χ4v) is 5.28. The Morgan fingerprint density at radius 3 is 2.54 bits per heavy atom. The number of H-pyrrole nitrogens is 1. The standard InChI is InChI=1S/C31H32N6/c1-21-5-4-6-29(34-21)30-16-28(27-11-13-33-31(27)35-30)25-15-24(17-32-18-25)23-9-7-22(8-10-23)19-37-14-12-26(20-37)36(2)3/h4-11,13,15-18,26H,12,14,19-20H2,1-3H3,(H,33,35)/t26-/m1/s1. The average molecular weight is 489 g/mol. The van der Waals surface area contributed by atoms with Gasteiger partial charge in [0.05, 0.1) is 11.4 Å². The number of benzene rings is 1. The number of fused-ring (bicyclic) bond motifs is 1. The fourth-order valence-electron chi connectivity index (χ4n) is 5.28. The first kappa shape index (κ1) is 23.5. The second-order valence-corrected chi connectivity index (χ2v) is 10.3. The van der Waals surface area contributed by atoms with E-state index in [0.29, 0.717) is 6.04 Å². The number of aromatic nitrogens is 4. The van der Waals surface area contributed by atoms with E-state index in [1.807, 2.05) is 43.7 Å². The van der Waals surface area contributed by atoms with Crippen molar-refractivity contribution in [1.82, 2.24) is 29.7 Å². The van der Waals surface area contributed by atoms with Gasteiger partial charge in [-0.15, -0.1) is 0 Å². The van der Waals surface area contributed by atoms with Crippen LogP contribution < -0.4 is 0 Å². The Bertz CT molecular complexity index is 1540. The summed E-state index contributed by atoms with van der Waals surface area (Å²) in [6, 6.07) is 22.1. The molecular weight excluding hydrogens is 456 g/mol. The molecule has 6 rings (SSSR count). The molecule has 1 saturated heterocycles. The van der Waals surface area contributed by atoms with Crippen molar-refractivity contribution in [3.05, 3.63) is 90.5 Å². The SMILES string of the molecule is Cc1cccc(-c2cc(-c3cncc(-c4ccc(CN5CC[C@@H](N(C)C)C5)cc4)c3)c3cc[nH]c3n2)n1. The highest BCUT2D eigenvalue weighted by molar-refractivity contribution is 5.95. The average Bonchev–Trinajstić information content (AvgIpc) is 3.58. The van der Waals surface area contributed by atoms with Crippen LogP contribution in [0.3, 0.4) is 0 Å². The smallest absolute Gasteiger partial charge is 0.138 e. The third-order valence-corrected chi connectivity index (χ3v) is 7.40. The molecule has 186 valence electrons. The van der Waals surface area contributed by atoms with Gasteiger partial charge in [-0.3, -0.25) is 14.9 Å². The molecule has 6 heteroatoms. The van der Waals surface area contributed by atoms with E-state index in [1.165, 1.54) is 17.5 Å². The Balaban J connectivity index is 1.29. The molecule has 1 N–H and O–H groups in total. The van der Waals surface area contributed by atoms with E-state index in [2.05, 4.69) is 76.3 Å². The van der Waals surface area contributed by atoms with Gasteiger partial charge >= 0.3 is 0 Å². The van der Waals surface area contributed by atoms with Crippen LogP contribution in [0.15, 0.2) is 79.3 Å². The molecule has 1 fully saturated rings. The van der Waals surface area contributed by atoms with Gasteiger partial charge in [-0.1, -0.05) is 30.3 Å². The molecule has 1 aliphatic heterocycles. The van der Waals surface area contributed by atoms with Crippen molar-refractivity contribution in [2.75, 3.05) is 27.2 Å². The summed E-state index contributed by atoms with van der Waals surface area (Å²) in [6.07, 6.45) is 7.06. The zero-order valence-electron chi connectivity index (χ0n) is 21.6. The maximum absolute atomic E-state index is 4.83. The van der Waals surface area contributed by atoms with Crippen LogP contribution in [-0.4, -0.2) is 63.0 Å². The Labute approximate surface area is 218 Å². The highest BCUT2D eigenvalue weighted by Gasteiger charge is 2.23. The van der Waals surface area contributed by atoms with Gasteiger partial charge in [0.15, 0.2) is 0 Å². The normalized spacial score (nSPS) is 16.2. The molecule has 6 nitrogen and oxygen atoms in total. The fraction of sp³-hybridized carbons (Fsp3) is 0.258. The highest BCUT2D eigenvalue weighted by Crippen LogP contribution is 2.33. The van der Waals surface area contributed by atoms with Crippen LogP contribution in [-0.2, 0) is 6.54 Å². The van der Waals surface area contributed by atoms with Crippen molar-refractivity contribution < 1.29 is 0 Å². The molecule has 1 aliphatic rings. The van der Waals surface area contributed by atoms with Crippen LogP contribution in [0, 0.1) is 6.92 Å². The molecule has 5 heterocycles. The van der Waals surface area contributed by atoms with Crippen LogP contribution in [0.2, 0.25) is 0 Å². The summed E-state index contributed by atoms with van der Waals surface area (Å²) in [7, 11) is 4.36. The summed E-state index contributed by atoms with van der Waals surface area (Å²) in [5, 5.41) is 1.08. The van der Waals surface area contributed by atoms with E-state index < -0.39 is 0 Å². The zero-order chi connectivity index (χ0) is 25.4. The van der Waals surface area contributed by atoms with Gasteiger partial charge in [0.1, 0.15) is 5.65 Å². The number of rotatable bonds is 6. The molecule has 4 aromatic heterocycles. The molecule has 0 spiro atoms. The third-order valence-electron chi connectivity index (χ3n) is 7.40. The van der Waals surface area contributed by atoms with Gasteiger partial charge in [0.25, 0.3) is 0 Å². The number of likely N-dealkylation sites (N-methyl/N-ethyl adjacent to an activating group) is 1. The monoisotopic (exact) mass is 488 g/mol. The second-order valence-electron chi connectivity index (χ2n) is 10.3. The Kier molecular flexibility index (Phi) is 6.28. The number of aromatic amines is 1. The van der Waals surface area contributed by atoms with E-state index in [9.17, 15) is 0 Å². The lowest BCUT2D eigenvalue weighted by Gasteiger charge is -2.20. The van der Waals surface area contributed by atoms with Gasteiger partial charge in [0.2, 0.25) is 0 Å². The van der Waals surface area contributed by atoms with Gasteiger partial charge < -0.3 is 9.88 Å². The summed E-state index contributed by atoms with van der Waals surface area (Å²) in [4.78, 5) is 22.3. The summed E-state index contributed by atoms with van der Waals surface area (Å²) in [6.45, 7) is 5.31. The van der Waals surface area contributed by atoms with Gasteiger partial charge in [-0.2, -0.15) is 0 Å². The van der Waals surface area contributed by atoms with Gasteiger partial charge in [0, 0.05) is 66.5 Å². The molecule has 37 heavy (non-hydrogen) atoms. The van der Waals surface area contributed by atoms with Crippen LogP contribution in [0.5, 0.6) is 0 Å². The van der Waals surface area contributed by atoms with E-state index in [4.69, 9.17) is 9.97 Å². The van der Waals surface area contributed by atoms with E-state index in [1.54, 1.807) is 0 Å². The quantitative estimate of drug-likeness (QED) is 0.327. The molecule has 1 atom stereocenters. The Morgan fingerprint density at radius 2 is 1.76 bits per heavy atom. The minimum absolute atomic E-state index is 0.662. The Hall–Kier alpha value is -3.87. The van der Waals surface area contributed by atoms with Crippen molar-refractivity contribution in [3.63, 3.8) is 0 Å². The van der Waals surface area contributed by atoms with Crippen molar-refractivity contribution in [3.8, 4) is 33.6 Å². The molecule has 5 aromatic rings. The van der Waals surface area contributed by atoms with E-state index in [0.717, 1.165) is 64.4 Å². The summed E-state index contributed by atoms with van der Waals surface area (Å²) >= 11 is 0. The van der Waals surface area contributed by atoms with Crippen molar-refractivity contribution >= 4 is 11.0 Å². The number of nitrogens with zero attached hydrogens (tertiary/aromatic N) is 5. The first-order chi connectivity index (χ1) is 18.0. The zero-order valence-corrected chi connectivity index (χ0v) is 21.6. The maximum Gasteiger partial charge on any atom is 0.138 e. The molecule has 0 aliphatic carbocycles. The molecule has 0 saturated carbocycles. The third kappa shape index (κ3) is 4.90. The summed E-state index contributed by atoms with van der Waals surface area (Å²) < 4.78 is 0. The number of aryl methyl sites for hydroxylation is 1. The topological polar surface area (TPSA) is 60.9 Å². The van der Waals surface area contributed by atoms with Crippen LogP contribution >= 0.6 is 0 Å².